The Hall–Kier alpha value is -0.840. The molecule has 0 aliphatic heterocycles. The Morgan fingerprint density at radius 1 is 1.67 bits per heavy atom. The SMILES string of the molecule is CCn1cc(C(N)c2sccc2Cl)cn1. The van der Waals surface area contributed by atoms with Crippen LogP contribution in [-0.4, -0.2) is 9.78 Å². The number of aromatic nitrogens is 2. The van der Waals surface area contributed by atoms with Crippen molar-refractivity contribution < 1.29 is 0 Å². The first-order valence-electron chi connectivity index (χ1n) is 4.73. The van der Waals surface area contributed by atoms with Crippen molar-refractivity contribution >= 4 is 22.9 Å². The van der Waals surface area contributed by atoms with Crippen LogP contribution in [0.5, 0.6) is 0 Å². The van der Waals surface area contributed by atoms with Crippen LogP contribution in [0.3, 0.4) is 0 Å². The molecule has 80 valence electrons. The summed E-state index contributed by atoms with van der Waals surface area (Å²) >= 11 is 7.60. The highest BCUT2D eigenvalue weighted by Gasteiger charge is 2.15. The zero-order valence-corrected chi connectivity index (χ0v) is 9.92. The molecule has 2 aromatic heterocycles. The molecule has 0 bridgehead atoms. The third kappa shape index (κ3) is 2.07. The number of aryl methyl sites for hydroxylation is 1. The minimum absolute atomic E-state index is 0.169. The summed E-state index contributed by atoms with van der Waals surface area (Å²) in [6.07, 6.45) is 3.75. The van der Waals surface area contributed by atoms with Crippen LogP contribution in [0.4, 0.5) is 0 Å². The lowest BCUT2D eigenvalue weighted by Crippen LogP contribution is -2.09. The second-order valence-electron chi connectivity index (χ2n) is 3.24. The Balaban J connectivity index is 2.28. The monoisotopic (exact) mass is 241 g/mol. The number of nitrogens with zero attached hydrogens (tertiary/aromatic N) is 2. The molecule has 2 heterocycles. The van der Waals surface area contributed by atoms with Crippen molar-refractivity contribution in [3.63, 3.8) is 0 Å². The predicted octanol–water partition coefficient (Wildman–Crippen LogP) is 2.67. The molecule has 0 radical (unpaired) electrons. The van der Waals surface area contributed by atoms with Gasteiger partial charge in [0.15, 0.2) is 0 Å². The van der Waals surface area contributed by atoms with Crippen molar-refractivity contribution in [3.05, 3.63) is 39.3 Å². The second kappa shape index (κ2) is 4.35. The van der Waals surface area contributed by atoms with E-state index in [4.69, 9.17) is 17.3 Å². The first-order valence-corrected chi connectivity index (χ1v) is 5.99. The molecule has 0 aromatic carbocycles. The van der Waals surface area contributed by atoms with E-state index in [9.17, 15) is 0 Å². The fourth-order valence-electron chi connectivity index (χ4n) is 1.39. The zero-order chi connectivity index (χ0) is 10.8. The van der Waals surface area contributed by atoms with Gasteiger partial charge in [-0.25, -0.2) is 0 Å². The molecular formula is C10H12ClN3S. The highest BCUT2D eigenvalue weighted by Crippen LogP contribution is 2.30. The average Bonchev–Trinajstić information content (AvgIpc) is 2.84. The molecule has 0 spiro atoms. The predicted molar refractivity (Wildman–Crippen MR) is 63.3 cm³/mol. The number of rotatable bonds is 3. The van der Waals surface area contributed by atoms with Gasteiger partial charge < -0.3 is 5.73 Å². The molecule has 2 N–H and O–H groups in total. The van der Waals surface area contributed by atoms with Gasteiger partial charge in [0.1, 0.15) is 0 Å². The average molecular weight is 242 g/mol. The summed E-state index contributed by atoms with van der Waals surface area (Å²) in [4.78, 5) is 0.993. The maximum Gasteiger partial charge on any atom is 0.0692 e. The van der Waals surface area contributed by atoms with E-state index < -0.39 is 0 Å². The quantitative estimate of drug-likeness (QED) is 0.898. The Kier molecular flexibility index (Phi) is 3.09. The highest BCUT2D eigenvalue weighted by atomic mass is 35.5. The van der Waals surface area contributed by atoms with E-state index in [1.807, 2.05) is 29.2 Å². The molecular weight excluding hydrogens is 230 g/mol. The summed E-state index contributed by atoms with van der Waals surface area (Å²) in [6.45, 7) is 2.89. The van der Waals surface area contributed by atoms with Gasteiger partial charge in [0, 0.05) is 23.2 Å². The van der Waals surface area contributed by atoms with Crippen LogP contribution < -0.4 is 5.73 Å². The van der Waals surface area contributed by atoms with Crippen LogP contribution >= 0.6 is 22.9 Å². The third-order valence-electron chi connectivity index (χ3n) is 2.26. The van der Waals surface area contributed by atoms with E-state index in [0.717, 1.165) is 22.0 Å². The molecule has 0 aliphatic rings. The first kappa shape index (κ1) is 10.7. The van der Waals surface area contributed by atoms with Crippen molar-refractivity contribution in [3.8, 4) is 0 Å². The molecule has 3 nitrogen and oxygen atoms in total. The van der Waals surface area contributed by atoms with Crippen LogP contribution in [0.1, 0.15) is 23.4 Å². The molecule has 15 heavy (non-hydrogen) atoms. The Bertz CT molecular complexity index is 449. The Morgan fingerprint density at radius 3 is 3.00 bits per heavy atom. The summed E-state index contributed by atoms with van der Waals surface area (Å²) in [6, 6.07) is 1.70. The van der Waals surface area contributed by atoms with E-state index in [-0.39, 0.29) is 6.04 Å². The van der Waals surface area contributed by atoms with Gasteiger partial charge >= 0.3 is 0 Å². The fraction of sp³-hybridized carbons (Fsp3) is 0.300. The molecule has 1 atom stereocenters. The molecule has 2 rings (SSSR count). The number of thiophene rings is 1. The lowest BCUT2D eigenvalue weighted by atomic mass is 10.1. The number of hydrogen-bond donors (Lipinski definition) is 1. The lowest BCUT2D eigenvalue weighted by Gasteiger charge is -2.07. The van der Waals surface area contributed by atoms with Gasteiger partial charge in [-0.1, -0.05) is 11.6 Å². The molecule has 0 saturated carbocycles. The van der Waals surface area contributed by atoms with E-state index in [2.05, 4.69) is 5.10 Å². The lowest BCUT2D eigenvalue weighted by molar-refractivity contribution is 0.658. The van der Waals surface area contributed by atoms with Crippen LogP contribution in [0, 0.1) is 0 Å². The fourth-order valence-corrected chi connectivity index (χ4v) is 2.59. The molecule has 5 heteroatoms. The van der Waals surface area contributed by atoms with Gasteiger partial charge in [0.2, 0.25) is 0 Å². The standard InChI is InChI=1S/C10H12ClN3S/c1-2-14-6-7(5-13-14)9(12)10-8(11)3-4-15-10/h3-6,9H,2,12H2,1H3. The van der Waals surface area contributed by atoms with Crippen molar-refractivity contribution in [1.29, 1.82) is 0 Å². The smallest absolute Gasteiger partial charge is 0.0692 e. The van der Waals surface area contributed by atoms with E-state index >= 15 is 0 Å². The molecule has 2 aromatic rings. The summed E-state index contributed by atoms with van der Waals surface area (Å²) < 4.78 is 1.86. The number of halogens is 1. The van der Waals surface area contributed by atoms with E-state index in [1.54, 1.807) is 17.5 Å². The number of nitrogens with two attached hydrogens (primary N) is 1. The molecule has 0 fully saturated rings. The van der Waals surface area contributed by atoms with Crippen LogP contribution in [0.15, 0.2) is 23.8 Å². The Labute approximate surface area is 97.5 Å². The normalized spacial score (nSPS) is 13.0. The van der Waals surface area contributed by atoms with Crippen LogP contribution in [0.2, 0.25) is 5.02 Å². The topological polar surface area (TPSA) is 43.8 Å². The van der Waals surface area contributed by atoms with Crippen molar-refractivity contribution in [2.45, 2.75) is 19.5 Å². The largest absolute Gasteiger partial charge is 0.319 e. The van der Waals surface area contributed by atoms with Gasteiger partial charge in [0.05, 0.1) is 17.3 Å². The summed E-state index contributed by atoms with van der Waals surface area (Å²) in [5.74, 6) is 0. The molecule has 0 saturated heterocycles. The van der Waals surface area contributed by atoms with E-state index in [0.29, 0.717) is 0 Å². The highest BCUT2D eigenvalue weighted by molar-refractivity contribution is 7.10. The maximum absolute atomic E-state index is 6.10. The zero-order valence-electron chi connectivity index (χ0n) is 8.35. The minimum atomic E-state index is -0.169. The minimum Gasteiger partial charge on any atom is -0.319 e. The maximum atomic E-state index is 6.10. The third-order valence-corrected chi connectivity index (χ3v) is 3.71. The summed E-state index contributed by atoms with van der Waals surface area (Å²) in [7, 11) is 0. The van der Waals surface area contributed by atoms with Crippen LogP contribution in [-0.2, 0) is 6.54 Å². The second-order valence-corrected chi connectivity index (χ2v) is 4.59. The number of hydrogen-bond acceptors (Lipinski definition) is 3. The molecule has 0 aliphatic carbocycles. The summed E-state index contributed by atoms with van der Waals surface area (Å²) in [5.41, 5.74) is 7.10. The van der Waals surface area contributed by atoms with Gasteiger partial charge in [-0.3, -0.25) is 4.68 Å². The van der Waals surface area contributed by atoms with Gasteiger partial charge in [-0.15, -0.1) is 11.3 Å². The van der Waals surface area contributed by atoms with Crippen molar-refractivity contribution in [2.75, 3.05) is 0 Å². The molecule has 1 unspecified atom stereocenters. The van der Waals surface area contributed by atoms with Gasteiger partial charge in [-0.2, -0.15) is 5.10 Å². The summed E-state index contributed by atoms with van der Waals surface area (Å²) in [5, 5.41) is 6.87. The first-order chi connectivity index (χ1) is 7.22. The van der Waals surface area contributed by atoms with Crippen LogP contribution in [0.25, 0.3) is 0 Å². The Morgan fingerprint density at radius 2 is 2.47 bits per heavy atom. The van der Waals surface area contributed by atoms with Crippen molar-refractivity contribution in [1.82, 2.24) is 9.78 Å². The molecule has 0 amide bonds. The van der Waals surface area contributed by atoms with Gasteiger partial charge in [-0.05, 0) is 18.4 Å². The van der Waals surface area contributed by atoms with E-state index in [1.165, 1.54) is 0 Å². The van der Waals surface area contributed by atoms with Crippen molar-refractivity contribution in [2.24, 2.45) is 5.73 Å². The van der Waals surface area contributed by atoms with Gasteiger partial charge in [0.25, 0.3) is 0 Å².